The number of hydrogen-bond donors (Lipinski definition) is 3. The number of phenolic OH excluding ortho intramolecular Hbond substituents is 1. The van der Waals surface area contributed by atoms with Gasteiger partial charge in [-0.15, -0.1) is 0 Å². The number of benzene rings is 2. The summed E-state index contributed by atoms with van der Waals surface area (Å²) < 4.78 is 0. The van der Waals surface area contributed by atoms with Crippen LogP contribution in [0.1, 0.15) is 15.9 Å². The van der Waals surface area contributed by atoms with Gasteiger partial charge in [-0.2, -0.15) is 0 Å². The maximum absolute atomic E-state index is 10.8. The van der Waals surface area contributed by atoms with Gasteiger partial charge in [-0.05, 0) is 42.3 Å². The van der Waals surface area contributed by atoms with Gasteiger partial charge in [0.05, 0.1) is 5.56 Å². The molecule has 2 rings (SSSR count). The van der Waals surface area contributed by atoms with E-state index in [1.54, 1.807) is 6.07 Å². The number of carbonyl (C=O) groups is 1. The van der Waals surface area contributed by atoms with E-state index >= 15 is 0 Å². The van der Waals surface area contributed by atoms with Crippen LogP contribution in [0.15, 0.2) is 42.5 Å². The van der Waals surface area contributed by atoms with E-state index in [2.05, 4.69) is 0 Å². The number of nitrogens with two attached hydrogens (primary N) is 1. The van der Waals surface area contributed by atoms with Crippen LogP contribution in [-0.2, 0) is 6.42 Å². The van der Waals surface area contributed by atoms with E-state index in [-0.39, 0.29) is 11.3 Å². The minimum Gasteiger partial charge on any atom is -0.507 e. The third-order valence-electron chi connectivity index (χ3n) is 2.94. The molecule has 0 aliphatic rings. The molecule has 0 spiro atoms. The van der Waals surface area contributed by atoms with Crippen LogP contribution in [-0.4, -0.2) is 22.7 Å². The van der Waals surface area contributed by atoms with Gasteiger partial charge < -0.3 is 15.9 Å². The molecule has 0 unspecified atom stereocenters. The van der Waals surface area contributed by atoms with Crippen molar-refractivity contribution >= 4 is 5.97 Å². The first-order chi connectivity index (χ1) is 9.11. The van der Waals surface area contributed by atoms with Gasteiger partial charge in [0.15, 0.2) is 0 Å². The van der Waals surface area contributed by atoms with E-state index in [0.717, 1.165) is 17.5 Å². The molecule has 4 heteroatoms. The van der Waals surface area contributed by atoms with E-state index in [1.807, 2.05) is 24.3 Å². The Morgan fingerprint density at radius 3 is 2.32 bits per heavy atom. The van der Waals surface area contributed by atoms with Crippen LogP contribution in [0.3, 0.4) is 0 Å². The molecule has 0 fully saturated rings. The third-order valence-corrected chi connectivity index (χ3v) is 2.94. The van der Waals surface area contributed by atoms with Crippen LogP contribution in [0, 0.1) is 0 Å². The second kappa shape index (κ2) is 5.54. The van der Waals surface area contributed by atoms with Gasteiger partial charge in [0.2, 0.25) is 0 Å². The van der Waals surface area contributed by atoms with Gasteiger partial charge >= 0.3 is 5.97 Å². The van der Waals surface area contributed by atoms with E-state index < -0.39 is 5.97 Å². The van der Waals surface area contributed by atoms with E-state index in [9.17, 15) is 9.90 Å². The van der Waals surface area contributed by atoms with Crippen molar-refractivity contribution in [3.8, 4) is 16.9 Å². The highest BCUT2D eigenvalue weighted by atomic mass is 16.4. The molecule has 0 amide bonds. The Morgan fingerprint density at radius 2 is 1.79 bits per heavy atom. The molecular formula is C15H15NO3. The number of carboxylic acid groups (broad SMARTS) is 1. The highest BCUT2D eigenvalue weighted by molar-refractivity contribution is 5.89. The van der Waals surface area contributed by atoms with E-state index in [1.165, 1.54) is 12.1 Å². The standard InChI is InChI=1S/C15H15NO3/c16-8-7-10-1-3-11(4-2-10)13-6-5-12(15(18)19)9-14(13)17/h1-6,9,17H,7-8,16H2,(H,18,19). The smallest absolute Gasteiger partial charge is 0.335 e. The molecule has 4 nitrogen and oxygen atoms in total. The minimum absolute atomic E-state index is 0.0357. The first kappa shape index (κ1) is 13.1. The molecule has 0 aliphatic heterocycles. The van der Waals surface area contributed by atoms with Crippen LogP contribution < -0.4 is 5.73 Å². The van der Waals surface area contributed by atoms with Crippen LogP contribution in [0.5, 0.6) is 5.75 Å². The number of aromatic carboxylic acids is 1. The Kier molecular flexibility index (Phi) is 3.82. The molecule has 0 aliphatic carbocycles. The molecule has 0 saturated carbocycles. The Hall–Kier alpha value is -2.33. The van der Waals surface area contributed by atoms with Crippen LogP contribution in [0.2, 0.25) is 0 Å². The monoisotopic (exact) mass is 257 g/mol. The highest BCUT2D eigenvalue weighted by Crippen LogP contribution is 2.30. The van der Waals surface area contributed by atoms with Crippen molar-refractivity contribution in [2.45, 2.75) is 6.42 Å². The largest absolute Gasteiger partial charge is 0.507 e. The predicted molar refractivity (Wildman–Crippen MR) is 73.3 cm³/mol. The van der Waals surface area contributed by atoms with Gasteiger partial charge in [0.1, 0.15) is 5.75 Å². The Morgan fingerprint density at radius 1 is 1.11 bits per heavy atom. The van der Waals surface area contributed by atoms with Crippen LogP contribution in [0.25, 0.3) is 11.1 Å². The fraction of sp³-hybridized carbons (Fsp3) is 0.133. The number of phenols is 1. The third kappa shape index (κ3) is 2.92. The summed E-state index contributed by atoms with van der Waals surface area (Å²) in [6, 6.07) is 12.0. The average Bonchev–Trinajstić information content (AvgIpc) is 2.40. The first-order valence-corrected chi connectivity index (χ1v) is 5.97. The van der Waals surface area contributed by atoms with Crippen molar-refractivity contribution < 1.29 is 15.0 Å². The zero-order valence-electron chi connectivity index (χ0n) is 10.3. The number of carboxylic acids is 1. The number of aromatic hydroxyl groups is 1. The lowest BCUT2D eigenvalue weighted by molar-refractivity contribution is 0.0696. The predicted octanol–water partition coefficient (Wildman–Crippen LogP) is 2.26. The summed E-state index contributed by atoms with van der Waals surface area (Å²) in [5.41, 5.74) is 8.14. The molecular weight excluding hydrogens is 242 g/mol. The molecule has 2 aromatic rings. The zero-order chi connectivity index (χ0) is 13.8. The summed E-state index contributed by atoms with van der Waals surface area (Å²) >= 11 is 0. The fourth-order valence-corrected chi connectivity index (χ4v) is 1.93. The van der Waals surface area contributed by atoms with Crippen molar-refractivity contribution in [1.82, 2.24) is 0 Å². The maximum atomic E-state index is 10.8. The summed E-state index contributed by atoms with van der Waals surface area (Å²) in [6.45, 7) is 0.595. The van der Waals surface area contributed by atoms with Crippen LogP contribution >= 0.6 is 0 Å². The van der Waals surface area contributed by atoms with Gasteiger partial charge in [-0.1, -0.05) is 24.3 Å². The summed E-state index contributed by atoms with van der Waals surface area (Å²) in [4.78, 5) is 10.8. The second-order valence-electron chi connectivity index (χ2n) is 4.27. The molecule has 0 aromatic heterocycles. The summed E-state index contributed by atoms with van der Waals surface area (Å²) in [6.07, 6.45) is 0.810. The molecule has 0 bridgehead atoms. The fourth-order valence-electron chi connectivity index (χ4n) is 1.93. The normalized spacial score (nSPS) is 10.4. The quantitative estimate of drug-likeness (QED) is 0.784. The second-order valence-corrected chi connectivity index (χ2v) is 4.27. The molecule has 2 aromatic carbocycles. The number of rotatable bonds is 4. The lowest BCUT2D eigenvalue weighted by atomic mass is 10.0. The zero-order valence-corrected chi connectivity index (χ0v) is 10.3. The topological polar surface area (TPSA) is 83.6 Å². The first-order valence-electron chi connectivity index (χ1n) is 5.97. The molecule has 19 heavy (non-hydrogen) atoms. The van der Waals surface area contributed by atoms with Crippen molar-refractivity contribution in [3.05, 3.63) is 53.6 Å². The van der Waals surface area contributed by atoms with Crippen molar-refractivity contribution in [3.63, 3.8) is 0 Å². The van der Waals surface area contributed by atoms with E-state index in [0.29, 0.717) is 12.1 Å². The Bertz CT molecular complexity index is 591. The van der Waals surface area contributed by atoms with Crippen molar-refractivity contribution in [2.24, 2.45) is 5.73 Å². The Labute approximate surface area is 111 Å². The summed E-state index contributed by atoms with van der Waals surface area (Å²) in [5.74, 6) is -1.09. The Balaban J connectivity index is 2.33. The minimum atomic E-state index is -1.06. The van der Waals surface area contributed by atoms with Gasteiger partial charge in [0.25, 0.3) is 0 Å². The molecule has 0 saturated heterocycles. The summed E-state index contributed by atoms with van der Waals surface area (Å²) in [7, 11) is 0. The van der Waals surface area contributed by atoms with Gasteiger partial charge in [-0.25, -0.2) is 4.79 Å². The van der Waals surface area contributed by atoms with Crippen LogP contribution in [0.4, 0.5) is 0 Å². The SMILES string of the molecule is NCCc1ccc(-c2ccc(C(=O)O)cc2O)cc1. The molecule has 4 N–H and O–H groups in total. The lowest BCUT2D eigenvalue weighted by Crippen LogP contribution is -2.02. The van der Waals surface area contributed by atoms with Crippen molar-refractivity contribution in [2.75, 3.05) is 6.54 Å². The molecule has 0 atom stereocenters. The lowest BCUT2D eigenvalue weighted by Gasteiger charge is -2.07. The summed E-state index contributed by atoms with van der Waals surface area (Å²) in [5, 5.41) is 18.7. The van der Waals surface area contributed by atoms with Gasteiger partial charge in [-0.3, -0.25) is 0 Å². The van der Waals surface area contributed by atoms with E-state index in [4.69, 9.17) is 10.8 Å². The van der Waals surface area contributed by atoms with Crippen molar-refractivity contribution in [1.29, 1.82) is 0 Å². The van der Waals surface area contributed by atoms with Gasteiger partial charge in [0, 0.05) is 5.56 Å². The molecule has 0 heterocycles. The highest BCUT2D eigenvalue weighted by Gasteiger charge is 2.09. The molecule has 98 valence electrons. The maximum Gasteiger partial charge on any atom is 0.335 e. The average molecular weight is 257 g/mol. The molecule has 0 radical (unpaired) electrons. The number of hydrogen-bond acceptors (Lipinski definition) is 3.